The van der Waals surface area contributed by atoms with Crippen LogP contribution in [0.1, 0.15) is 62.1 Å². The molecule has 5 rings (SSSR count). The zero-order valence-corrected chi connectivity index (χ0v) is 24.9. The molecule has 4 atom stereocenters. The van der Waals surface area contributed by atoms with Crippen LogP contribution < -0.4 is 9.80 Å². The van der Waals surface area contributed by atoms with Crippen molar-refractivity contribution in [3.63, 3.8) is 0 Å². The highest BCUT2D eigenvalue weighted by molar-refractivity contribution is 6.31. The maximum absolute atomic E-state index is 15.1. The van der Waals surface area contributed by atoms with Crippen LogP contribution in [0, 0.1) is 23.1 Å². The van der Waals surface area contributed by atoms with Gasteiger partial charge in [-0.05, 0) is 61.6 Å². The molecule has 0 spiro atoms. The van der Waals surface area contributed by atoms with Gasteiger partial charge in [0.25, 0.3) is 5.91 Å². The fraction of sp³-hybridized carbons (Fsp3) is 0.394. The Balaban J connectivity index is 1.56. The quantitative estimate of drug-likeness (QED) is 0.254. The summed E-state index contributed by atoms with van der Waals surface area (Å²) in [6.07, 6.45) is -2.69. The van der Waals surface area contributed by atoms with Gasteiger partial charge in [-0.15, -0.1) is 0 Å². The number of nitrogens with zero attached hydrogens (tertiary/aromatic N) is 4. The van der Waals surface area contributed by atoms with Gasteiger partial charge in [-0.25, -0.2) is 22.5 Å². The van der Waals surface area contributed by atoms with Crippen molar-refractivity contribution < 1.29 is 32.3 Å². The smallest absolute Gasteiger partial charge is 0.250 e. The number of aliphatic hydroxyl groups excluding tert-OH is 1. The molecule has 0 radical (unpaired) electrons. The van der Waals surface area contributed by atoms with Gasteiger partial charge >= 0.3 is 0 Å². The van der Waals surface area contributed by atoms with Gasteiger partial charge < -0.3 is 10.0 Å². The molecular weight excluding hydrogens is 612 g/mol. The van der Waals surface area contributed by atoms with Gasteiger partial charge in [0.05, 0.1) is 11.6 Å². The summed E-state index contributed by atoms with van der Waals surface area (Å²) in [6, 6.07) is 13.2. The molecule has 1 amide bonds. The minimum atomic E-state index is -2.73. The minimum Gasteiger partial charge on any atom is -0.370 e. The van der Waals surface area contributed by atoms with E-state index >= 15 is 4.39 Å². The third-order valence-electron chi connectivity index (χ3n) is 8.54. The summed E-state index contributed by atoms with van der Waals surface area (Å²) < 4.78 is 57.3. The maximum Gasteiger partial charge on any atom is 0.250 e. The van der Waals surface area contributed by atoms with E-state index in [-0.39, 0.29) is 65.7 Å². The first-order chi connectivity index (χ1) is 21.5. The summed E-state index contributed by atoms with van der Waals surface area (Å²) in [7, 11) is 0. The number of nitriles is 1. The van der Waals surface area contributed by atoms with E-state index in [4.69, 9.17) is 11.6 Å². The van der Waals surface area contributed by atoms with Crippen molar-refractivity contribution in [1.82, 2.24) is 4.98 Å². The molecule has 1 saturated heterocycles. The Morgan fingerprint density at radius 3 is 2.56 bits per heavy atom. The number of alkyl halides is 3. The van der Waals surface area contributed by atoms with E-state index in [1.54, 1.807) is 18.2 Å². The predicted octanol–water partition coefficient (Wildman–Crippen LogP) is 6.93. The molecule has 2 aliphatic rings. The number of pyridine rings is 1. The van der Waals surface area contributed by atoms with Crippen LogP contribution in [0.15, 0.2) is 66.9 Å². The molecule has 1 saturated carbocycles. The second kappa shape index (κ2) is 13.5. The predicted molar refractivity (Wildman–Crippen MR) is 160 cm³/mol. The van der Waals surface area contributed by atoms with Crippen LogP contribution in [-0.2, 0) is 9.59 Å². The monoisotopic (exact) mass is 642 g/mol. The Kier molecular flexibility index (Phi) is 9.75. The second-order valence-electron chi connectivity index (χ2n) is 11.5. The van der Waals surface area contributed by atoms with Crippen LogP contribution in [0.5, 0.6) is 0 Å². The first-order valence-corrected chi connectivity index (χ1v) is 15.1. The fourth-order valence-corrected chi connectivity index (χ4v) is 6.41. The van der Waals surface area contributed by atoms with E-state index < -0.39 is 54.3 Å². The SMILES string of the molecule is N#Cc1ccnc(N2C(O)[C@H](F)C[C@H]2C(=O)N(c2cccc(F)c2)[C@H](C(=O)CCC2CCC(F)(F)CC2)c2ccccc2Cl)c1. The van der Waals surface area contributed by atoms with E-state index in [0.29, 0.717) is 6.42 Å². The van der Waals surface area contributed by atoms with Crippen molar-refractivity contribution in [3.8, 4) is 6.07 Å². The Hall–Kier alpha value is -4.01. The van der Waals surface area contributed by atoms with Crippen molar-refractivity contribution in [2.24, 2.45) is 5.92 Å². The summed E-state index contributed by atoms with van der Waals surface area (Å²) in [4.78, 5) is 35.0. The molecule has 1 aliphatic carbocycles. The molecule has 1 aromatic heterocycles. The number of anilines is 2. The number of aromatic nitrogens is 1. The number of halogens is 5. The van der Waals surface area contributed by atoms with Crippen LogP contribution in [0.2, 0.25) is 5.02 Å². The number of benzene rings is 2. The number of carbonyl (C=O) groups excluding carboxylic acids is 2. The number of hydrogen-bond acceptors (Lipinski definition) is 6. The lowest BCUT2D eigenvalue weighted by Gasteiger charge is -2.37. The average molecular weight is 643 g/mol. The normalized spacial score (nSPS) is 22.1. The van der Waals surface area contributed by atoms with Crippen LogP contribution in [0.3, 0.4) is 0 Å². The van der Waals surface area contributed by atoms with E-state index in [2.05, 4.69) is 4.98 Å². The number of amides is 1. The molecule has 1 N–H and O–H groups in total. The number of aliphatic hydroxyl groups is 1. The van der Waals surface area contributed by atoms with Crippen molar-refractivity contribution in [2.45, 2.75) is 75.4 Å². The van der Waals surface area contributed by atoms with Crippen LogP contribution in [0.25, 0.3) is 0 Å². The van der Waals surface area contributed by atoms with Gasteiger partial charge in [-0.3, -0.25) is 14.5 Å². The van der Waals surface area contributed by atoms with Crippen molar-refractivity contribution >= 4 is 34.8 Å². The highest BCUT2D eigenvalue weighted by Gasteiger charge is 2.48. The standard InChI is InChI=1S/C33H31ClF4N4O3/c34-25-7-2-1-6-24(25)30(28(43)9-8-20-10-13-33(37,38)14-11-20)41(23-5-3-4-22(35)17-23)32(45)27-18-26(36)31(44)42(27)29-16-21(19-39)12-15-40-29/h1-7,12,15-17,20,26-27,30-31,44H,8-11,13-14,18H2/t26-,27+,30+,31?/m1/s1. The summed E-state index contributed by atoms with van der Waals surface area (Å²) in [6.45, 7) is 0. The molecule has 45 heavy (non-hydrogen) atoms. The lowest BCUT2D eigenvalue weighted by atomic mass is 9.82. The third kappa shape index (κ3) is 7.13. The maximum atomic E-state index is 15.1. The van der Waals surface area contributed by atoms with Crippen LogP contribution in [0.4, 0.5) is 29.1 Å². The largest absolute Gasteiger partial charge is 0.370 e. The van der Waals surface area contributed by atoms with Crippen molar-refractivity contribution in [2.75, 3.05) is 9.80 Å². The average Bonchev–Trinajstić information content (AvgIpc) is 3.32. The van der Waals surface area contributed by atoms with Crippen molar-refractivity contribution in [1.29, 1.82) is 5.26 Å². The number of Topliss-reactive ketones (excluding diaryl/α,β-unsaturated/α-hetero) is 1. The third-order valence-corrected chi connectivity index (χ3v) is 8.88. The molecule has 3 aromatic rings. The number of hydrogen-bond donors (Lipinski definition) is 1. The molecule has 2 fully saturated rings. The van der Waals surface area contributed by atoms with E-state index in [0.717, 1.165) is 21.9 Å². The van der Waals surface area contributed by atoms with Crippen molar-refractivity contribution in [3.05, 3.63) is 88.8 Å². The van der Waals surface area contributed by atoms with Gasteiger partial charge in [0, 0.05) is 48.2 Å². The molecule has 12 heteroatoms. The Bertz CT molecular complexity index is 1590. The topological polar surface area (TPSA) is 97.5 Å². The molecule has 2 heterocycles. The summed E-state index contributed by atoms with van der Waals surface area (Å²) in [5.41, 5.74) is 0.391. The lowest BCUT2D eigenvalue weighted by Crippen LogP contribution is -2.51. The Labute approximate surface area is 263 Å². The van der Waals surface area contributed by atoms with E-state index in [1.165, 1.54) is 36.5 Å². The second-order valence-corrected chi connectivity index (χ2v) is 11.9. The molecular formula is C33H31ClF4N4O3. The zero-order valence-electron chi connectivity index (χ0n) is 24.1. The minimum absolute atomic E-state index is 0.00828. The fourth-order valence-electron chi connectivity index (χ4n) is 6.17. The highest BCUT2D eigenvalue weighted by atomic mass is 35.5. The number of carbonyl (C=O) groups is 2. The summed E-state index contributed by atoms with van der Waals surface area (Å²) >= 11 is 6.58. The molecule has 1 aliphatic heterocycles. The van der Waals surface area contributed by atoms with Gasteiger partial charge in [-0.1, -0.05) is 35.9 Å². The zero-order chi connectivity index (χ0) is 32.3. The van der Waals surface area contributed by atoms with Gasteiger partial charge in [0.1, 0.15) is 29.9 Å². The van der Waals surface area contributed by atoms with E-state index in [9.17, 15) is 33.1 Å². The number of rotatable bonds is 9. The summed E-state index contributed by atoms with van der Waals surface area (Å²) in [5.74, 6) is -4.88. The molecule has 7 nitrogen and oxygen atoms in total. The highest BCUT2D eigenvalue weighted by Crippen LogP contribution is 2.41. The van der Waals surface area contributed by atoms with Gasteiger partial charge in [0.2, 0.25) is 5.92 Å². The molecule has 1 unspecified atom stereocenters. The molecule has 236 valence electrons. The van der Waals surface area contributed by atoms with Crippen LogP contribution in [-0.4, -0.2) is 46.1 Å². The Morgan fingerprint density at radius 2 is 1.87 bits per heavy atom. The summed E-state index contributed by atoms with van der Waals surface area (Å²) in [5, 5.41) is 20.4. The van der Waals surface area contributed by atoms with Crippen LogP contribution >= 0.6 is 11.6 Å². The van der Waals surface area contributed by atoms with Gasteiger partial charge in [0.15, 0.2) is 12.0 Å². The first-order valence-electron chi connectivity index (χ1n) is 14.7. The lowest BCUT2D eigenvalue weighted by molar-refractivity contribution is -0.126. The molecule has 0 bridgehead atoms. The number of ketones is 1. The Morgan fingerprint density at radius 1 is 1.13 bits per heavy atom. The molecule has 2 aromatic carbocycles. The van der Waals surface area contributed by atoms with E-state index in [1.807, 2.05) is 6.07 Å². The first kappa shape index (κ1) is 32.4. The van der Waals surface area contributed by atoms with Gasteiger partial charge in [-0.2, -0.15) is 5.26 Å².